The van der Waals surface area contributed by atoms with Gasteiger partial charge in [-0.15, -0.1) is 0 Å². The Labute approximate surface area is 69.3 Å². The predicted molar refractivity (Wildman–Crippen MR) is 42.7 cm³/mol. The molecule has 4 nitrogen and oxygen atoms in total. The first-order chi connectivity index (χ1) is 4.72. The van der Waals surface area contributed by atoms with E-state index in [1.54, 1.807) is 0 Å². The van der Waals surface area contributed by atoms with E-state index in [1.165, 1.54) is 0 Å². The third-order valence-electron chi connectivity index (χ3n) is 1.37. The molecule has 0 saturated carbocycles. The Morgan fingerprint density at radius 3 is 2.60 bits per heavy atom. The molecule has 1 unspecified atom stereocenters. The van der Waals surface area contributed by atoms with Gasteiger partial charge in [-0.1, -0.05) is 0 Å². The molecular weight excluding hydrogens is 186 g/mol. The van der Waals surface area contributed by atoms with Gasteiger partial charge < -0.3 is 0 Å². The van der Waals surface area contributed by atoms with Gasteiger partial charge in [-0.05, 0) is 0 Å². The van der Waals surface area contributed by atoms with E-state index in [-0.39, 0.29) is 0 Å². The Kier molecular flexibility index (Phi) is 5.62. The standard InChI is InChI=1S/C5H12N.Ga.N3/c1-4-5-6(2)3;;1-3-2/h5H,4H2,1-3H3;;/q;+1;-1. The number of hydrogen-bond acceptors (Lipinski definition) is 2. The van der Waals surface area contributed by atoms with Gasteiger partial charge >= 0.3 is 68.8 Å². The molecule has 0 aromatic rings. The zero-order chi connectivity index (χ0) is 7.98. The van der Waals surface area contributed by atoms with Crippen molar-refractivity contribution in [2.45, 2.75) is 17.9 Å². The molecular formula is C5H12GaN4. The van der Waals surface area contributed by atoms with Gasteiger partial charge in [0.15, 0.2) is 0 Å². The maximum absolute atomic E-state index is 8.07. The second-order valence-corrected chi connectivity index (χ2v) is 5.02. The van der Waals surface area contributed by atoms with Crippen LogP contribution in [0, 0.1) is 0 Å². The van der Waals surface area contributed by atoms with E-state index in [2.05, 4.69) is 20.6 Å². The van der Waals surface area contributed by atoms with Crippen LogP contribution in [-0.4, -0.2) is 41.2 Å². The summed E-state index contributed by atoms with van der Waals surface area (Å²) < 4.78 is 4.20. The van der Waals surface area contributed by atoms with Gasteiger partial charge in [0.1, 0.15) is 0 Å². The Hall–Kier alpha value is -0.0936. The summed E-state index contributed by atoms with van der Waals surface area (Å²) in [4.78, 5) is 4.91. The number of nitrogens with zero attached hydrogens (tertiary/aromatic N) is 4. The summed E-state index contributed by atoms with van der Waals surface area (Å²) in [6, 6.07) is 0. The van der Waals surface area contributed by atoms with Crippen molar-refractivity contribution in [3.63, 3.8) is 0 Å². The second-order valence-electron chi connectivity index (χ2n) is 2.29. The van der Waals surface area contributed by atoms with Crippen LogP contribution in [-0.2, 0) is 0 Å². The van der Waals surface area contributed by atoms with Crippen LogP contribution in [0.2, 0.25) is 0 Å². The third kappa shape index (κ3) is 3.84. The number of azide groups is 1. The fourth-order valence-electron chi connectivity index (χ4n) is 0.711. The molecule has 0 aliphatic rings. The van der Waals surface area contributed by atoms with E-state index in [0.29, 0.717) is 4.60 Å². The molecule has 1 radical (unpaired) electrons. The number of hydrogen-bond donors (Lipinski definition) is 0. The molecule has 0 aromatic heterocycles. The van der Waals surface area contributed by atoms with Crippen LogP contribution >= 0.6 is 0 Å². The number of rotatable bonds is 4. The zero-order valence-electron chi connectivity index (χ0n) is 6.65. The molecule has 0 aliphatic carbocycles. The summed E-state index contributed by atoms with van der Waals surface area (Å²) >= 11 is -0.733. The summed E-state index contributed by atoms with van der Waals surface area (Å²) in [5.74, 6) is 0. The van der Waals surface area contributed by atoms with Crippen LogP contribution in [0.5, 0.6) is 0 Å². The maximum atomic E-state index is 8.07. The Bertz CT molecular complexity index is 130. The van der Waals surface area contributed by atoms with E-state index in [0.717, 1.165) is 6.42 Å². The minimum atomic E-state index is -0.733. The van der Waals surface area contributed by atoms with Crippen molar-refractivity contribution < 1.29 is 0 Å². The van der Waals surface area contributed by atoms with Crippen LogP contribution in [0.1, 0.15) is 13.3 Å². The van der Waals surface area contributed by atoms with Gasteiger partial charge in [-0.25, -0.2) is 0 Å². The first-order valence-electron chi connectivity index (χ1n) is 3.26. The molecule has 0 fully saturated rings. The summed E-state index contributed by atoms with van der Waals surface area (Å²) in [5.41, 5.74) is 8.07. The van der Waals surface area contributed by atoms with E-state index >= 15 is 0 Å². The molecule has 1 atom stereocenters. The van der Waals surface area contributed by atoms with E-state index in [1.807, 2.05) is 14.1 Å². The summed E-state index contributed by atoms with van der Waals surface area (Å²) in [6.45, 7) is 2.12. The molecule has 0 bridgehead atoms. The molecule has 0 amide bonds. The minimum absolute atomic E-state index is 0.541. The van der Waals surface area contributed by atoms with Gasteiger partial charge in [0.25, 0.3) is 0 Å². The van der Waals surface area contributed by atoms with Crippen LogP contribution < -0.4 is 0 Å². The van der Waals surface area contributed by atoms with Crippen molar-refractivity contribution in [1.82, 2.24) is 4.90 Å². The van der Waals surface area contributed by atoms with Crippen molar-refractivity contribution in [3.05, 3.63) is 10.4 Å². The monoisotopic (exact) mass is 197 g/mol. The predicted octanol–water partition coefficient (Wildman–Crippen LogP) is 1.21. The Morgan fingerprint density at radius 1 is 1.70 bits per heavy atom. The second kappa shape index (κ2) is 5.67. The van der Waals surface area contributed by atoms with Gasteiger partial charge in [-0.3, -0.25) is 0 Å². The molecule has 0 N–H and O–H groups in total. The fraction of sp³-hybridized carbons (Fsp3) is 1.00. The average molecular weight is 198 g/mol. The first kappa shape index (κ1) is 9.91. The first-order valence-corrected chi connectivity index (χ1v) is 5.74. The van der Waals surface area contributed by atoms with Crippen LogP contribution in [0.15, 0.2) is 3.82 Å². The van der Waals surface area contributed by atoms with Crippen molar-refractivity contribution >= 4 is 17.6 Å². The van der Waals surface area contributed by atoms with Gasteiger partial charge in [0.05, 0.1) is 0 Å². The molecule has 0 aliphatic heterocycles. The zero-order valence-corrected chi connectivity index (χ0v) is 9.07. The molecule has 0 saturated heterocycles. The van der Waals surface area contributed by atoms with Crippen LogP contribution in [0.25, 0.3) is 10.4 Å². The quantitative estimate of drug-likeness (QED) is 0.290. The Balaban J connectivity index is 3.70. The van der Waals surface area contributed by atoms with Crippen molar-refractivity contribution in [3.8, 4) is 0 Å². The van der Waals surface area contributed by atoms with Crippen LogP contribution in [0.3, 0.4) is 0 Å². The fourth-order valence-corrected chi connectivity index (χ4v) is 2.16. The Morgan fingerprint density at radius 2 is 2.30 bits per heavy atom. The molecule has 0 rings (SSSR count). The summed E-state index contributed by atoms with van der Waals surface area (Å²) in [7, 11) is 4.05. The van der Waals surface area contributed by atoms with Gasteiger partial charge in [0, 0.05) is 0 Å². The molecule has 10 heavy (non-hydrogen) atoms. The van der Waals surface area contributed by atoms with E-state index in [9.17, 15) is 0 Å². The normalized spacial score (nSPS) is 12.4. The van der Waals surface area contributed by atoms with E-state index < -0.39 is 17.6 Å². The third-order valence-corrected chi connectivity index (χ3v) is 4.83. The molecule has 0 spiro atoms. The van der Waals surface area contributed by atoms with Gasteiger partial charge in [0.2, 0.25) is 0 Å². The molecule has 0 aromatic carbocycles. The molecule has 55 valence electrons. The van der Waals surface area contributed by atoms with Crippen molar-refractivity contribution in [1.29, 1.82) is 0 Å². The average Bonchev–Trinajstić information content (AvgIpc) is 1.89. The van der Waals surface area contributed by atoms with Gasteiger partial charge in [-0.2, -0.15) is 0 Å². The molecule has 0 heterocycles. The molecule has 5 heteroatoms. The van der Waals surface area contributed by atoms with Crippen molar-refractivity contribution in [2.75, 3.05) is 14.1 Å². The topological polar surface area (TPSA) is 52.0 Å². The SMILES string of the molecule is CC[CH]([Ga][N]=[N+]=[N-])N(C)C. The summed E-state index contributed by atoms with van der Waals surface area (Å²) in [5, 5.41) is 0. The van der Waals surface area contributed by atoms with Crippen LogP contribution in [0.4, 0.5) is 0 Å². The van der Waals surface area contributed by atoms with Crippen molar-refractivity contribution in [2.24, 2.45) is 3.82 Å². The summed E-state index contributed by atoms with van der Waals surface area (Å²) in [6.07, 6.45) is 1.09. The van der Waals surface area contributed by atoms with E-state index in [4.69, 9.17) is 5.53 Å².